The Morgan fingerprint density at radius 1 is 1.38 bits per heavy atom. The third-order valence-electron chi connectivity index (χ3n) is 2.03. The number of rotatable bonds is 7. The minimum absolute atomic E-state index is 0.151. The minimum Gasteiger partial charge on any atom is -0.480 e. The lowest BCUT2D eigenvalue weighted by atomic mass is 10.1. The summed E-state index contributed by atoms with van der Waals surface area (Å²) >= 11 is 0. The zero-order valence-corrected chi connectivity index (χ0v) is 9.95. The van der Waals surface area contributed by atoms with Crippen LogP contribution >= 0.6 is 0 Å². The van der Waals surface area contributed by atoms with Gasteiger partial charge < -0.3 is 20.5 Å². The molecule has 0 fully saturated rings. The summed E-state index contributed by atoms with van der Waals surface area (Å²) in [5.74, 6) is -1.18. The maximum Gasteiger partial charge on any atom is 0.326 e. The van der Waals surface area contributed by atoms with Crippen LogP contribution in [0.1, 0.15) is 20.3 Å². The van der Waals surface area contributed by atoms with Crippen molar-refractivity contribution in [2.45, 2.75) is 26.3 Å². The molecule has 6 heteroatoms. The largest absolute Gasteiger partial charge is 0.480 e. The number of nitrogens with one attached hydrogen (secondary N) is 2. The maximum atomic E-state index is 11.3. The molecule has 0 spiro atoms. The summed E-state index contributed by atoms with van der Waals surface area (Å²) in [6.45, 7) is 4.50. The molecule has 0 saturated heterocycles. The van der Waals surface area contributed by atoms with E-state index in [9.17, 15) is 9.59 Å². The van der Waals surface area contributed by atoms with E-state index in [-0.39, 0.29) is 5.92 Å². The standard InChI is InChI=1S/C10H20N2O4/c1-7(2)8(9(13)14)12-10(15)11-5-4-6-16-3/h7-8H,4-6H2,1-3H3,(H,13,14)(H2,11,12,15)/t8-/m1/s1. The number of urea groups is 1. The summed E-state index contributed by atoms with van der Waals surface area (Å²) in [5, 5.41) is 13.8. The SMILES string of the molecule is COCCCNC(=O)N[C@@H](C(=O)O)C(C)C. The van der Waals surface area contributed by atoms with E-state index in [0.717, 1.165) is 0 Å². The van der Waals surface area contributed by atoms with Gasteiger partial charge in [-0.25, -0.2) is 9.59 Å². The molecule has 6 nitrogen and oxygen atoms in total. The third kappa shape index (κ3) is 6.23. The van der Waals surface area contributed by atoms with Gasteiger partial charge in [0.25, 0.3) is 0 Å². The molecule has 0 aromatic heterocycles. The van der Waals surface area contributed by atoms with Crippen LogP contribution in [-0.2, 0) is 9.53 Å². The van der Waals surface area contributed by atoms with Crippen molar-refractivity contribution in [3.63, 3.8) is 0 Å². The van der Waals surface area contributed by atoms with Crippen LogP contribution in [-0.4, -0.2) is 43.4 Å². The van der Waals surface area contributed by atoms with Gasteiger partial charge in [0.2, 0.25) is 0 Å². The first-order chi connectivity index (χ1) is 7.49. The van der Waals surface area contributed by atoms with E-state index in [1.165, 1.54) is 0 Å². The van der Waals surface area contributed by atoms with Gasteiger partial charge in [-0.15, -0.1) is 0 Å². The Labute approximate surface area is 95.4 Å². The van der Waals surface area contributed by atoms with Crippen LogP contribution < -0.4 is 10.6 Å². The Morgan fingerprint density at radius 2 is 2.00 bits per heavy atom. The summed E-state index contributed by atoms with van der Waals surface area (Å²) in [5.41, 5.74) is 0. The molecular weight excluding hydrogens is 212 g/mol. The average molecular weight is 232 g/mol. The summed E-state index contributed by atoms with van der Waals surface area (Å²) in [4.78, 5) is 22.1. The molecule has 0 unspecified atom stereocenters. The molecule has 0 aromatic carbocycles. The first-order valence-electron chi connectivity index (χ1n) is 5.25. The van der Waals surface area contributed by atoms with Crippen LogP contribution in [0.3, 0.4) is 0 Å². The van der Waals surface area contributed by atoms with E-state index in [1.807, 2.05) is 0 Å². The predicted molar refractivity (Wildman–Crippen MR) is 59.3 cm³/mol. The number of methoxy groups -OCH3 is 1. The van der Waals surface area contributed by atoms with Crippen LogP contribution in [0.25, 0.3) is 0 Å². The Balaban J connectivity index is 3.87. The van der Waals surface area contributed by atoms with Gasteiger partial charge in [0.1, 0.15) is 6.04 Å². The van der Waals surface area contributed by atoms with Gasteiger partial charge in [-0.05, 0) is 12.3 Å². The minimum atomic E-state index is -1.03. The van der Waals surface area contributed by atoms with Crippen molar-refractivity contribution in [2.24, 2.45) is 5.92 Å². The fraction of sp³-hybridized carbons (Fsp3) is 0.800. The zero-order valence-electron chi connectivity index (χ0n) is 9.95. The Morgan fingerprint density at radius 3 is 2.44 bits per heavy atom. The molecule has 1 atom stereocenters. The number of carboxylic acid groups (broad SMARTS) is 1. The maximum absolute atomic E-state index is 11.3. The van der Waals surface area contributed by atoms with Gasteiger partial charge >= 0.3 is 12.0 Å². The van der Waals surface area contributed by atoms with Crippen molar-refractivity contribution in [1.82, 2.24) is 10.6 Å². The number of ether oxygens (including phenoxy) is 1. The molecule has 0 heterocycles. The van der Waals surface area contributed by atoms with Gasteiger partial charge in [0.15, 0.2) is 0 Å². The summed E-state index contributed by atoms with van der Waals surface area (Å²) in [7, 11) is 1.58. The zero-order chi connectivity index (χ0) is 12.6. The van der Waals surface area contributed by atoms with Crippen LogP contribution in [0, 0.1) is 5.92 Å². The molecule has 0 bridgehead atoms. The molecule has 0 saturated carbocycles. The van der Waals surface area contributed by atoms with Crippen LogP contribution in [0.5, 0.6) is 0 Å². The normalized spacial score (nSPS) is 12.2. The van der Waals surface area contributed by atoms with E-state index in [1.54, 1.807) is 21.0 Å². The lowest BCUT2D eigenvalue weighted by Crippen LogP contribution is -2.48. The number of carbonyl (C=O) groups is 2. The van der Waals surface area contributed by atoms with Crippen molar-refractivity contribution < 1.29 is 19.4 Å². The van der Waals surface area contributed by atoms with Gasteiger partial charge in [0.05, 0.1) is 0 Å². The van der Waals surface area contributed by atoms with Crippen molar-refractivity contribution in [2.75, 3.05) is 20.3 Å². The average Bonchev–Trinajstić information content (AvgIpc) is 2.20. The van der Waals surface area contributed by atoms with Crippen LogP contribution in [0.2, 0.25) is 0 Å². The first kappa shape index (κ1) is 14.7. The molecule has 0 aliphatic rings. The number of hydrogen-bond acceptors (Lipinski definition) is 3. The van der Waals surface area contributed by atoms with Crippen molar-refractivity contribution in [1.29, 1.82) is 0 Å². The fourth-order valence-electron chi connectivity index (χ4n) is 1.12. The van der Waals surface area contributed by atoms with E-state index >= 15 is 0 Å². The fourth-order valence-corrected chi connectivity index (χ4v) is 1.12. The lowest BCUT2D eigenvalue weighted by molar-refractivity contribution is -0.140. The molecular formula is C10H20N2O4. The second-order valence-corrected chi connectivity index (χ2v) is 3.81. The second kappa shape index (κ2) is 7.92. The Kier molecular flexibility index (Phi) is 7.28. The second-order valence-electron chi connectivity index (χ2n) is 3.81. The quantitative estimate of drug-likeness (QED) is 0.555. The molecule has 3 N–H and O–H groups in total. The summed E-state index contributed by atoms with van der Waals surface area (Å²) in [6.07, 6.45) is 0.698. The lowest BCUT2D eigenvalue weighted by Gasteiger charge is -2.18. The molecule has 94 valence electrons. The molecule has 0 aromatic rings. The monoisotopic (exact) mass is 232 g/mol. The molecule has 16 heavy (non-hydrogen) atoms. The van der Waals surface area contributed by atoms with Gasteiger partial charge in [0, 0.05) is 20.3 Å². The smallest absolute Gasteiger partial charge is 0.326 e. The van der Waals surface area contributed by atoms with Gasteiger partial charge in [-0.2, -0.15) is 0 Å². The molecule has 0 rings (SSSR count). The third-order valence-corrected chi connectivity index (χ3v) is 2.03. The van der Waals surface area contributed by atoms with Gasteiger partial charge in [-0.3, -0.25) is 0 Å². The molecule has 0 aliphatic heterocycles. The predicted octanol–water partition coefficient (Wildman–Crippen LogP) is 0.431. The Hall–Kier alpha value is -1.30. The van der Waals surface area contributed by atoms with E-state index in [2.05, 4.69) is 10.6 Å². The summed E-state index contributed by atoms with van der Waals surface area (Å²) in [6, 6.07) is -1.32. The van der Waals surface area contributed by atoms with Crippen LogP contribution in [0.4, 0.5) is 4.79 Å². The van der Waals surface area contributed by atoms with Gasteiger partial charge in [-0.1, -0.05) is 13.8 Å². The topological polar surface area (TPSA) is 87.7 Å². The number of amides is 2. The van der Waals surface area contributed by atoms with E-state index < -0.39 is 18.0 Å². The molecule has 2 amide bonds. The number of carboxylic acids is 1. The van der Waals surface area contributed by atoms with Crippen LogP contribution in [0.15, 0.2) is 0 Å². The number of hydrogen-bond donors (Lipinski definition) is 3. The van der Waals surface area contributed by atoms with E-state index in [0.29, 0.717) is 19.6 Å². The van der Waals surface area contributed by atoms with E-state index in [4.69, 9.17) is 9.84 Å². The molecule has 0 aliphatic carbocycles. The molecule has 0 radical (unpaired) electrons. The first-order valence-corrected chi connectivity index (χ1v) is 5.25. The summed E-state index contributed by atoms with van der Waals surface area (Å²) < 4.78 is 4.82. The highest BCUT2D eigenvalue weighted by Crippen LogP contribution is 2.01. The Bertz CT molecular complexity index is 231. The highest BCUT2D eigenvalue weighted by atomic mass is 16.5. The highest BCUT2D eigenvalue weighted by Gasteiger charge is 2.22. The number of aliphatic carboxylic acids is 1. The van der Waals surface area contributed by atoms with Crippen molar-refractivity contribution in [3.8, 4) is 0 Å². The van der Waals surface area contributed by atoms with Crippen molar-refractivity contribution >= 4 is 12.0 Å². The highest BCUT2D eigenvalue weighted by molar-refractivity contribution is 5.82. The number of carbonyl (C=O) groups excluding carboxylic acids is 1. The van der Waals surface area contributed by atoms with Crippen molar-refractivity contribution in [3.05, 3.63) is 0 Å².